The molecule has 0 aromatic heterocycles. The van der Waals surface area contributed by atoms with Crippen molar-refractivity contribution in [3.63, 3.8) is 0 Å². The minimum Gasteiger partial charge on any atom is -0.443 e. The van der Waals surface area contributed by atoms with Crippen LogP contribution in [-0.2, 0) is 16.0 Å². The van der Waals surface area contributed by atoms with E-state index in [1.54, 1.807) is 6.07 Å². The van der Waals surface area contributed by atoms with Gasteiger partial charge in [-0.3, -0.25) is 4.90 Å². The summed E-state index contributed by atoms with van der Waals surface area (Å²) in [7, 11) is 0. The Kier molecular flexibility index (Phi) is 3.40. The number of benzene rings is 1. The fourth-order valence-electron chi connectivity index (χ4n) is 2.07. The monoisotopic (exact) mass is 260 g/mol. The molecule has 0 saturated heterocycles. The predicted octanol–water partition coefficient (Wildman–Crippen LogP) is 2.95. The molecule has 1 aliphatic rings. The summed E-state index contributed by atoms with van der Waals surface area (Å²) in [5.41, 5.74) is 1.54. The van der Waals surface area contributed by atoms with E-state index in [4.69, 9.17) is 4.74 Å². The largest absolute Gasteiger partial charge is 0.443 e. The zero-order valence-electron chi connectivity index (χ0n) is 11.3. The number of carbonyl (C=O) groups excluding carboxylic acids is 2. The van der Waals surface area contributed by atoms with Gasteiger partial charge in [0.2, 0.25) is 6.08 Å². The van der Waals surface area contributed by atoms with Gasteiger partial charge in [-0.2, -0.15) is 4.99 Å². The van der Waals surface area contributed by atoms with Gasteiger partial charge < -0.3 is 4.74 Å². The number of hydrogen-bond donors (Lipinski definition) is 0. The molecule has 5 nitrogen and oxygen atoms in total. The molecule has 1 heterocycles. The number of anilines is 1. The van der Waals surface area contributed by atoms with Crippen LogP contribution in [0, 0.1) is 0 Å². The van der Waals surface area contributed by atoms with Crippen molar-refractivity contribution in [2.24, 2.45) is 4.99 Å². The van der Waals surface area contributed by atoms with Crippen LogP contribution in [0.2, 0.25) is 0 Å². The van der Waals surface area contributed by atoms with E-state index in [-0.39, 0.29) is 0 Å². The van der Waals surface area contributed by atoms with Crippen LogP contribution in [0.5, 0.6) is 0 Å². The second-order valence-corrected chi connectivity index (χ2v) is 5.37. The van der Waals surface area contributed by atoms with Crippen molar-refractivity contribution in [3.05, 3.63) is 23.8 Å². The third kappa shape index (κ3) is 2.83. The summed E-state index contributed by atoms with van der Waals surface area (Å²) in [6.07, 6.45) is 1.83. The summed E-state index contributed by atoms with van der Waals surface area (Å²) in [6.45, 7) is 5.99. The van der Waals surface area contributed by atoms with E-state index in [9.17, 15) is 9.59 Å². The maximum atomic E-state index is 12.1. The zero-order chi connectivity index (χ0) is 14.0. The molecule has 1 aromatic carbocycles. The quantitative estimate of drug-likeness (QED) is 0.576. The van der Waals surface area contributed by atoms with Gasteiger partial charge >= 0.3 is 6.09 Å². The Bertz CT molecular complexity index is 554. The lowest BCUT2D eigenvalue weighted by molar-refractivity contribution is 0.0584. The molecule has 0 radical (unpaired) electrons. The van der Waals surface area contributed by atoms with Gasteiger partial charge in [-0.25, -0.2) is 9.59 Å². The Balaban J connectivity index is 2.35. The molecule has 0 fully saturated rings. The average Bonchev–Trinajstić information content (AvgIpc) is 2.72. The van der Waals surface area contributed by atoms with Crippen LogP contribution < -0.4 is 4.90 Å². The van der Waals surface area contributed by atoms with E-state index in [1.165, 1.54) is 11.0 Å². The molecule has 1 aromatic rings. The lowest BCUT2D eigenvalue weighted by Gasteiger charge is -2.25. The number of ether oxygens (including phenoxy) is 1. The third-order valence-electron chi connectivity index (χ3n) is 2.75. The van der Waals surface area contributed by atoms with Crippen LogP contribution in [0.4, 0.5) is 16.2 Å². The Morgan fingerprint density at radius 1 is 1.42 bits per heavy atom. The number of carbonyl (C=O) groups is 1. The molecule has 0 unspecified atom stereocenters. The first-order chi connectivity index (χ1) is 8.92. The summed E-state index contributed by atoms with van der Waals surface area (Å²) < 4.78 is 5.36. The van der Waals surface area contributed by atoms with Crippen LogP contribution >= 0.6 is 0 Å². The summed E-state index contributed by atoms with van der Waals surface area (Å²) >= 11 is 0. The maximum Gasteiger partial charge on any atom is 0.414 e. The molecule has 1 amide bonds. The third-order valence-corrected chi connectivity index (χ3v) is 2.75. The molecule has 0 N–H and O–H groups in total. The van der Waals surface area contributed by atoms with Gasteiger partial charge in [0.25, 0.3) is 0 Å². The van der Waals surface area contributed by atoms with Gasteiger partial charge in [0, 0.05) is 6.54 Å². The first-order valence-corrected chi connectivity index (χ1v) is 6.12. The van der Waals surface area contributed by atoms with Crippen molar-refractivity contribution >= 4 is 23.5 Å². The molecule has 1 aliphatic heterocycles. The highest BCUT2D eigenvalue weighted by molar-refractivity contribution is 5.95. The Hall–Kier alpha value is -2.13. The molecule has 19 heavy (non-hydrogen) atoms. The summed E-state index contributed by atoms with van der Waals surface area (Å²) in [5.74, 6) is 0. The van der Waals surface area contributed by atoms with Crippen LogP contribution in [-0.4, -0.2) is 24.3 Å². The minimum absolute atomic E-state index is 0.417. The van der Waals surface area contributed by atoms with Crippen LogP contribution in [0.15, 0.2) is 23.2 Å². The van der Waals surface area contributed by atoms with Crippen LogP contribution in [0.3, 0.4) is 0 Å². The van der Waals surface area contributed by atoms with E-state index in [0.717, 1.165) is 12.0 Å². The number of isocyanates is 1. The highest BCUT2D eigenvalue weighted by Crippen LogP contribution is 2.37. The van der Waals surface area contributed by atoms with Crippen molar-refractivity contribution in [3.8, 4) is 0 Å². The average molecular weight is 260 g/mol. The summed E-state index contributed by atoms with van der Waals surface area (Å²) in [5, 5.41) is 0. The van der Waals surface area contributed by atoms with Crippen LogP contribution in [0.25, 0.3) is 0 Å². The van der Waals surface area contributed by atoms with Crippen molar-refractivity contribution in [2.45, 2.75) is 32.8 Å². The highest BCUT2D eigenvalue weighted by Gasteiger charge is 2.30. The van der Waals surface area contributed by atoms with Crippen molar-refractivity contribution in [1.29, 1.82) is 0 Å². The van der Waals surface area contributed by atoms with E-state index in [1.807, 2.05) is 32.9 Å². The second kappa shape index (κ2) is 4.86. The Morgan fingerprint density at radius 3 is 2.79 bits per heavy atom. The Morgan fingerprint density at radius 2 is 2.16 bits per heavy atom. The lowest BCUT2D eigenvalue weighted by Crippen LogP contribution is -2.35. The van der Waals surface area contributed by atoms with Crippen molar-refractivity contribution in [1.82, 2.24) is 0 Å². The predicted molar refractivity (Wildman–Crippen MR) is 71.5 cm³/mol. The summed E-state index contributed by atoms with van der Waals surface area (Å²) in [4.78, 5) is 27.8. The van der Waals surface area contributed by atoms with E-state index in [2.05, 4.69) is 4.99 Å². The normalized spacial score (nSPS) is 13.7. The summed E-state index contributed by atoms with van der Waals surface area (Å²) in [6, 6.07) is 5.42. The molecule has 2 rings (SSSR count). The SMILES string of the molecule is CC(C)(C)OC(=O)N1CCc2cccc(N=C=O)c21. The number of hydrogen-bond acceptors (Lipinski definition) is 4. The number of fused-ring (bicyclic) bond motifs is 1. The first kappa shape index (κ1) is 13.3. The van der Waals surface area contributed by atoms with Gasteiger partial charge in [-0.1, -0.05) is 12.1 Å². The van der Waals surface area contributed by atoms with E-state index < -0.39 is 11.7 Å². The molecule has 0 spiro atoms. The molecule has 0 atom stereocenters. The second-order valence-electron chi connectivity index (χ2n) is 5.37. The molecule has 0 saturated carbocycles. The Labute approximate surface area is 111 Å². The lowest BCUT2D eigenvalue weighted by atomic mass is 10.1. The van der Waals surface area contributed by atoms with Crippen molar-refractivity contribution < 1.29 is 14.3 Å². The molecule has 5 heteroatoms. The van der Waals surface area contributed by atoms with Crippen LogP contribution in [0.1, 0.15) is 26.3 Å². The van der Waals surface area contributed by atoms with Gasteiger partial charge in [-0.15, -0.1) is 0 Å². The standard InChI is InChI=1S/C14H16N2O3/c1-14(2,3)19-13(18)16-8-7-10-5-4-6-11(12(10)16)15-9-17/h4-6H,7-8H2,1-3H3. The molecule has 0 aliphatic carbocycles. The van der Waals surface area contributed by atoms with Crippen molar-refractivity contribution in [2.75, 3.05) is 11.4 Å². The molecule has 100 valence electrons. The van der Waals surface area contributed by atoms with Gasteiger partial charge in [-0.05, 0) is 38.8 Å². The number of aliphatic imine (C=N–C) groups is 1. The minimum atomic E-state index is -0.553. The number of amides is 1. The fraction of sp³-hybridized carbons (Fsp3) is 0.429. The first-order valence-electron chi connectivity index (χ1n) is 6.12. The van der Waals surface area contributed by atoms with Gasteiger partial charge in [0.15, 0.2) is 0 Å². The maximum absolute atomic E-state index is 12.1. The highest BCUT2D eigenvalue weighted by atomic mass is 16.6. The number of para-hydroxylation sites is 1. The molecule has 0 bridgehead atoms. The topological polar surface area (TPSA) is 59.0 Å². The van der Waals surface area contributed by atoms with E-state index >= 15 is 0 Å². The van der Waals surface area contributed by atoms with E-state index in [0.29, 0.717) is 17.9 Å². The fourth-order valence-corrected chi connectivity index (χ4v) is 2.07. The zero-order valence-corrected chi connectivity index (χ0v) is 11.3. The molecular formula is C14H16N2O3. The molecular weight excluding hydrogens is 244 g/mol. The van der Waals surface area contributed by atoms with Gasteiger partial charge in [0.05, 0.1) is 5.69 Å². The number of nitrogens with zero attached hydrogens (tertiary/aromatic N) is 2. The smallest absolute Gasteiger partial charge is 0.414 e. The van der Waals surface area contributed by atoms with Gasteiger partial charge in [0.1, 0.15) is 11.3 Å². The number of rotatable bonds is 1.